The highest BCUT2D eigenvalue weighted by Crippen LogP contribution is 2.24. The van der Waals surface area contributed by atoms with E-state index in [1.807, 2.05) is 12.1 Å². The lowest BCUT2D eigenvalue weighted by atomic mass is 10.0. The van der Waals surface area contributed by atoms with Gasteiger partial charge in [-0.3, -0.25) is 14.7 Å². The molecular formula is C21H28N4O2. The van der Waals surface area contributed by atoms with Crippen LogP contribution in [0.5, 0.6) is 5.75 Å². The van der Waals surface area contributed by atoms with E-state index in [1.54, 1.807) is 31.6 Å². The Morgan fingerprint density at radius 1 is 1.19 bits per heavy atom. The fourth-order valence-electron chi connectivity index (χ4n) is 3.46. The fourth-order valence-corrected chi connectivity index (χ4v) is 3.46. The van der Waals surface area contributed by atoms with E-state index in [2.05, 4.69) is 39.2 Å². The molecule has 6 nitrogen and oxygen atoms in total. The highest BCUT2D eigenvalue weighted by atomic mass is 16.5. The molecule has 144 valence electrons. The Morgan fingerprint density at radius 2 is 1.93 bits per heavy atom. The predicted molar refractivity (Wildman–Crippen MR) is 106 cm³/mol. The van der Waals surface area contributed by atoms with Crippen LogP contribution in [0.25, 0.3) is 0 Å². The number of carbonyl (C=O) groups excluding carboxylic acids is 1. The maximum Gasteiger partial charge on any atom is 0.252 e. The minimum atomic E-state index is -0.0891. The zero-order valence-electron chi connectivity index (χ0n) is 16.1. The molecule has 0 spiro atoms. The molecule has 1 aliphatic heterocycles. The van der Waals surface area contributed by atoms with E-state index < -0.39 is 0 Å². The molecule has 0 radical (unpaired) electrons. The zero-order chi connectivity index (χ0) is 19.1. The molecule has 1 aromatic heterocycles. The van der Waals surface area contributed by atoms with Crippen molar-refractivity contribution in [3.63, 3.8) is 0 Å². The summed E-state index contributed by atoms with van der Waals surface area (Å²) in [7, 11) is 1.67. The molecule has 1 N–H and O–H groups in total. The van der Waals surface area contributed by atoms with Crippen LogP contribution in [-0.2, 0) is 0 Å². The average molecular weight is 368 g/mol. The van der Waals surface area contributed by atoms with E-state index >= 15 is 0 Å². The predicted octanol–water partition coefficient (Wildman–Crippen LogP) is 2.20. The van der Waals surface area contributed by atoms with Crippen molar-refractivity contribution in [1.82, 2.24) is 20.1 Å². The van der Waals surface area contributed by atoms with E-state index in [0.29, 0.717) is 12.1 Å². The molecule has 2 aromatic rings. The second kappa shape index (κ2) is 9.48. The minimum Gasteiger partial charge on any atom is -0.497 e. The van der Waals surface area contributed by atoms with Crippen molar-refractivity contribution in [3.8, 4) is 5.75 Å². The standard InChI is InChI=1S/C21H28N4O2/c1-3-24-11-13-25(14-12-24)20(17-6-8-19(27-2)9-7-17)16-23-21(26)18-5-4-10-22-15-18/h4-10,15,20H,3,11-14,16H2,1-2H3,(H,23,26). The number of piperazine rings is 1. The van der Waals surface area contributed by atoms with Crippen LogP contribution < -0.4 is 10.1 Å². The molecule has 1 amide bonds. The van der Waals surface area contributed by atoms with Crippen molar-refractivity contribution in [2.75, 3.05) is 46.4 Å². The third-order valence-corrected chi connectivity index (χ3v) is 5.18. The summed E-state index contributed by atoms with van der Waals surface area (Å²) in [5.41, 5.74) is 1.77. The van der Waals surface area contributed by atoms with Gasteiger partial charge in [0.1, 0.15) is 5.75 Å². The lowest BCUT2D eigenvalue weighted by molar-refractivity contribution is 0.0855. The topological polar surface area (TPSA) is 57.7 Å². The number of pyridine rings is 1. The molecule has 1 saturated heterocycles. The first-order chi connectivity index (χ1) is 13.2. The number of methoxy groups -OCH3 is 1. The smallest absolute Gasteiger partial charge is 0.252 e. The fraction of sp³-hybridized carbons (Fsp3) is 0.429. The molecule has 6 heteroatoms. The van der Waals surface area contributed by atoms with Crippen LogP contribution >= 0.6 is 0 Å². The SMILES string of the molecule is CCN1CCN(C(CNC(=O)c2cccnc2)c2ccc(OC)cc2)CC1. The van der Waals surface area contributed by atoms with Gasteiger partial charge in [-0.05, 0) is 36.4 Å². The van der Waals surface area contributed by atoms with Gasteiger partial charge in [0.05, 0.1) is 18.7 Å². The van der Waals surface area contributed by atoms with Gasteiger partial charge in [-0.15, -0.1) is 0 Å². The van der Waals surface area contributed by atoms with Crippen LogP contribution in [0.1, 0.15) is 28.9 Å². The van der Waals surface area contributed by atoms with Crippen molar-refractivity contribution < 1.29 is 9.53 Å². The van der Waals surface area contributed by atoms with Gasteiger partial charge >= 0.3 is 0 Å². The minimum absolute atomic E-state index is 0.0891. The molecule has 1 unspecified atom stereocenters. The molecule has 1 atom stereocenters. The second-order valence-corrected chi connectivity index (χ2v) is 6.71. The van der Waals surface area contributed by atoms with Gasteiger partial charge in [-0.1, -0.05) is 19.1 Å². The van der Waals surface area contributed by atoms with Gasteiger partial charge in [0.25, 0.3) is 5.91 Å². The number of nitrogens with one attached hydrogen (secondary N) is 1. The average Bonchev–Trinajstić information content (AvgIpc) is 2.75. The maximum atomic E-state index is 12.5. The Labute approximate surface area is 161 Å². The largest absolute Gasteiger partial charge is 0.497 e. The van der Waals surface area contributed by atoms with Crippen molar-refractivity contribution in [3.05, 3.63) is 59.9 Å². The van der Waals surface area contributed by atoms with Gasteiger partial charge in [0, 0.05) is 45.1 Å². The number of aromatic nitrogens is 1. The van der Waals surface area contributed by atoms with Crippen molar-refractivity contribution >= 4 is 5.91 Å². The lowest BCUT2D eigenvalue weighted by Crippen LogP contribution is -2.49. The van der Waals surface area contributed by atoms with Gasteiger partial charge in [-0.25, -0.2) is 0 Å². The van der Waals surface area contributed by atoms with Crippen molar-refractivity contribution in [2.45, 2.75) is 13.0 Å². The summed E-state index contributed by atoms with van der Waals surface area (Å²) < 4.78 is 5.28. The van der Waals surface area contributed by atoms with Gasteiger partial charge < -0.3 is 15.0 Å². The number of nitrogens with zero attached hydrogens (tertiary/aromatic N) is 3. The third kappa shape index (κ3) is 5.05. The first-order valence-corrected chi connectivity index (χ1v) is 9.50. The van der Waals surface area contributed by atoms with E-state index in [9.17, 15) is 4.79 Å². The van der Waals surface area contributed by atoms with E-state index in [1.165, 1.54) is 5.56 Å². The summed E-state index contributed by atoms with van der Waals surface area (Å²) in [6.45, 7) is 7.94. The zero-order valence-corrected chi connectivity index (χ0v) is 16.1. The van der Waals surface area contributed by atoms with Crippen LogP contribution in [0.2, 0.25) is 0 Å². The number of likely N-dealkylation sites (N-methyl/N-ethyl adjacent to an activating group) is 1. The lowest BCUT2D eigenvalue weighted by Gasteiger charge is -2.39. The molecule has 27 heavy (non-hydrogen) atoms. The Bertz CT molecular complexity index is 713. The van der Waals surface area contributed by atoms with Crippen LogP contribution in [0.4, 0.5) is 0 Å². The molecule has 3 rings (SSSR count). The summed E-state index contributed by atoms with van der Waals surface area (Å²) in [5.74, 6) is 0.751. The number of rotatable bonds is 7. The van der Waals surface area contributed by atoms with E-state index in [0.717, 1.165) is 38.5 Å². The van der Waals surface area contributed by atoms with Gasteiger partial charge in [0.15, 0.2) is 0 Å². The maximum absolute atomic E-state index is 12.5. The number of carbonyl (C=O) groups is 1. The Morgan fingerprint density at radius 3 is 2.52 bits per heavy atom. The van der Waals surface area contributed by atoms with Crippen LogP contribution in [0.3, 0.4) is 0 Å². The Kier molecular flexibility index (Phi) is 6.79. The van der Waals surface area contributed by atoms with Crippen LogP contribution in [0, 0.1) is 0 Å². The number of benzene rings is 1. The summed E-state index contributed by atoms with van der Waals surface area (Å²) in [4.78, 5) is 21.4. The van der Waals surface area contributed by atoms with Gasteiger partial charge in [0.2, 0.25) is 0 Å². The quantitative estimate of drug-likeness (QED) is 0.812. The van der Waals surface area contributed by atoms with Crippen LogP contribution in [0.15, 0.2) is 48.8 Å². The summed E-state index contributed by atoms with van der Waals surface area (Å²) in [6, 6.07) is 11.8. The van der Waals surface area contributed by atoms with E-state index in [-0.39, 0.29) is 11.9 Å². The molecule has 2 heterocycles. The first kappa shape index (κ1) is 19.3. The summed E-state index contributed by atoms with van der Waals surface area (Å²) in [5, 5.41) is 3.08. The molecular weight excluding hydrogens is 340 g/mol. The van der Waals surface area contributed by atoms with E-state index in [4.69, 9.17) is 4.74 Å². The van der Waals surface area contributed by atoms with Crippen molar-refractivity contribution in [1.29, 1.82) is 0 Å². The number of amides is 1. The molecule has 1 aliphatic rings. The summed E-state index contributed by atoms with van der Waals surface area (Å²) in [6.07, 6.45) is 3.27. The van der Waals surface area contributed by atoms with Crippen LogP contribution in [-0.4, -0.2) is 67.1 Å². The Balaban J connectivity index is 1.71. The number of hydrogen-bond donors (Lipinski definition) is 1. The molecule has 0 aliphatic carbocycles. The normalized spacial score (nSPS) is 16.7. The number of hydrogen-bond acceptors (Lipinski definition) is 5. The summed E-state index contributed by atoms with van der Waals surface area (Å²) >= 11 is 0. The molecule has 0 saturated carbocycles. The highest BCUT2D eigenvalue weighted by molar-refractivity contribution is 5.93. The van der Waals surface area contributed by atoms with Gasteiger partial charge in [-0.2, -0.15) is 0 Å². The molecule has 0 bridgehead atoms. The third-order valence-electron chi connectivity index (χ3n) is 5.18. The highest BCUT2D eigenvalue weighted by Gasteiger charge is 2.25. The second-order valence-electron chi connectivity index (χ2n) is 6.71. The Hall–Kier alpha value is -2.44. The monoisotopic (exact) mass is 368 g/mol. The number of ether oxygens (including phenoxy) is 1. The van der Waals surface area contributed by atoms with Crippen molar-refractivity contribution in [2.24, 2.45) is 0 Å². The molecule has 1 aromatic carbocycles. The first-order valence-electron chi connectivity index (χ1n) is 9.50. The molecule has 1 fully saturated rings.